The molecule has 2 aromatic carbocycles. The molecule has 2 aromatic heterocycles. The summed E-state index contributed by atoms with van der Waals surface area (Å²) in [7, 11) is 0.886. The first-order valence-corrected chi connectivity index (χ1v) is 15.4. The second-order valence-corrected chi connectivity index (χ2v) is 12.5. The molecule has 2 fully saturated rings. The van der Waals surface area contributed by atoms with Gasteiger partial charge in [-0.25, -0.2) is 18.5 Å². The highest BCUT2D eigenvalue weighted by atomic mass is 32.2. The fourth-order valence-electron chi connectivity index (χ4n) is 5.33. The third-order valence-electron chi connectivity index (χ3n) is 7.84. The highest BCUT2D eigenvalue weighted by molar-refractivity contribution is 7.82. The maximum absolute atomic E-state index is 13.1. The number of hydrogen-bond donors (Lipinski definition) is 2. The summed E-state index contributed by atoms with van der Waals surface area (Å²) in [4.78, 5) is 19.3. The minimum Gasteiger partial charge on any atom is -0.352 e. The fourth-order valence-corrected chi connectivity index (χ4v) is 6.80. The molecule has 0 spiro atoms. The zero-order chi connectivity index (χ0) is 30.1. The standard InChI is InChI=1S/C29H31F3N8OS2/c1-37-10-16-40(17-11-37)43(41)23-8-6-22(7-9-23)36-28(42)39-14-12-38(13-15-39)27-25-24(18-33-26(25)34-19-35-27)20-2-4-21(5-3-20)29(30,31)32/h2-9,18-19H,10-17H2,1H3,(H,36,42)(H,33,34,35). The van der Waals surface area contributed by atoms with Crippen LogP contribution < -0.4 is 10.2 Å². The first-order chi connectivity index (χ1) is 20.7. The smallest absolute Gasteiger partial charge is 0.352 e. The zero-order valence-corrected chi connectivity index (χ0v) is 25.1. The minimum atomic E-state index is -4.39. The lowest BCUT2D eigenvalue weighted by molar-refractivity contribution is -0.137. The van der Waals surface area contributed by atoms with E-state index in [4.69, 9.17) is 12.2 Å². The van der Waals surface area contributed by atoms with Crippen molar-refractivity contribution in [1.29, 1.82) is 0 Å². The second kappa shape index (κ2) is 12.2. The van der Waals surface area contributed by atoms with Gasteiger partial charge in [-0.3, -0.25) is 0 Å². The highest BCUT2D eigenvalue weighted by Crippen LogP contribution is 2.36. The monoisotopic (exact) mass is 628 g/mol. The Morgan fingerprint density at radius 3 is 2.26 bits per heavy atom. The average Bonchev–Trinajstić information content (AvgIpc) is 3.46. The van der Waals surface area contributed by atoms with Crippen LogP contribution in [-0.4, -0.2) is 97.8 Å². The van der Waals surface area contributed by atoms with Crippen LogP contribution in [0.3, 0.4) is 0 Å². The van der Waals surface area contributed by atoms with Gasteiger partial charge in [0.2, 0.25) is 0 Å². The number of anilines is 2. The van der Waals surface area contributed by atoms with E-state index in [0.717, 1.165) is 65.7 Å². The van der Waals surface area contributed by atoms with Crippen LogP contribution in [0.1, 0.15) is 5.56 Å². The number of thiocarbonyl (C=S) groups is 1. The molecule has 9 nitrogen and oxygen atoms in total. The number of aromatic nitrogens is 3. The fraction of sp³-hybridized carbons (Fsp3) is 0.345. The van der Waals surface area contributed by atoms with Gasteiger partial charge < -0.3 is 25.0 Å². The average molecular weight is 629 g/mol. The quantitative estimate of drug-likeness (QED) is 0.314. The van der Waals surface area contributed by atoms with Crippen LogP contribution in [0.5, 0.6) is 0 Å². The van der Waals surface area contributed by atoms with E-state index in [2.05, 4.69) is 42.0 Å². The second-order valence-electron chi connectivity index (χ2n) is 10.6. The van der Waals surface area contributed by atoms with E-state index < -0.39 is 22.7 Å². The molecule has 0 aliphatic carbocycles. The van der Waals surface area contributed by atoms with Gasteiger partial charge in [0.05, 0.1) is 15.8 Å². The molecule has 4 heterocycles. The summed E-state index contributed by atoms with van der Waals surface area (Å²) in [5, 5.41) is 4.67. The maximum Gasteiger partial charge on any atom is 0.416 e. The van der Waals surface area contributed by atoms with Gasteiger partial charge in [0.1, 0.15) is 28.8 Å². The number of piperazine rings is 2. The summed E-state index contributed by atoms with van der Waals surface area (Å²) >= 11 is 5.71. The largest absolute Gasteiger partial charge is 0.416 e. The lowest BCUT2D eigenvalue weighted by Crippen LogP contribution is -2.50. The van der Waals surface area contributed by atoms with Crippen LogP contribution in [0, 0.1) is 0 Å². The van der Waals surface area contributed by atoms with Crippen LogP contribution in [0.15, 0.2) is 66.0 Å². The van der Waals surface area contributed by atoms with Gasteiger partial charge in [0, 0.05) is 69.8 Å². The first kappa shape index (κ1) is 29.5. The summed E-state index contributed by atoms with van der Waals surface area (Å²) in [5.74, 6) is 0.726. The van der Waals surface area contributed by atoms with Crippen molar-refractivity contribution >= 4 is 50.9 Å². The molecule has 43 heavy (non-hydrogen) atoms. The number of fused-ring (bicyclic) bond motifs is 1. The van der Waals surface area contributed by atoms with E-state index in [-0.39, 0.29) is 0 Å². The molecule has 0 saturated carbocycles. The summed E-state index contributed by atoms with van der Waals surface area (Å²) in [6, 6.07) is 12.7. The van der Waals surface area contributed by atoms with Gasteiger partial charge in [-0.15, -0.1) is 0 Å². The van der Waals surface area contributed by atoms with E-state index in [1.165, 1.54) is 18.5 Å². The third kappa shape index (κ3) is 6.37. The summed E-state index contributed by atoms with van der Waals surface area (Å²) in [5.41, 5.74) is 2.16. The Bertz CT molecular complexity index is 1610. The van der Waals surface area contributed by atoms with Crippen LogP contribution in [0.2, 0.25) is 0 Å². The third-order valence-corrected chi connectivity index (χ3v) is 9.71. The summed E-state index contributed by atoms with van der Waals surface area (Å²) < 4.78 is 54.2. The number of aromatic amines is 1. The molecule has 1 atom stereocenters. The van der Waals surface area contributed by atoms with Crippen LogP contribution in [0.25, 0.3) is 22.2 Å². The normalized spacial score (nSPS) is 17.8. The number of alkyl halides is 3. The Morgan fingerprint density at radius 2 is 1.60 bits per heavy atom. The molecule has 2 N–H and O–H groups in total. The SMILES string of the molecule is CN1CCN(S(=O)c2ccc(NC(=S)N3CCN(c4ncnc5[nH]cc(-c6ccc(C(F)(F)F)cc6)c45)CC3)cc2)CC1. The van der Waals surface area contributed by atoms with Gasteiger partial charge in [-0.05, 0) is 61.2 Å². The van der Waals surface area contributed by atoms with Crippen molar-refractivity contribution in [3.8, 4) is 11.1 Å². The van der Waals surface area contributed by atoms with E-state index >= 15 is 0 Å². The number of halogens is 3. The Hall–Kier alpha value is -3.59. The molecule has 4 aromatic rings. The Morgan fingerprint density at radius 1 is 0.930 bits per heavy atom. The predicted molar refractivity (Wildman–Crippen MR) is 166 cm³/mol. The lowest BCUT2D eigenvalue weighted by Gasteiger charge is -2.37. The van der Waals surface area contributed by atoms with Crippen molar-refractivity contribution in [2.45, 2.75) is 11.1 Å². The van der Waals surface area contributed by atoms with Crippen LogP contribution in [-0.2, 0) is 17.2 Å². The summed E-state index contributed by atoms with van der Waals surface area (Å²) in [6.45, 7) is 5.97. The molecule has 6 rings (SSSR count). The first-order valence-electron chi connectivity index (χ1n) is 13.9. The molecule has 14 heteroatoms. The van der Waals surface area contributed by atoms with Crippen molar-refractivity contribution in [2.75, 3.05) is 69.6 Å². The van der Waals surface area contributed by atoms with Crippen molar-refractivity contribution in [3.63, 3.8) is 0 Å². The number of rotatable bonds is 5. The Labute approximate surface area is 255 Å². The Balaban J connectivity index is 1.09. The van der Waals surface area contributed by atoms with Gasteiger partial charge in [0.25, 0.3) is 0 Å². The minimum absolute atomic E-state index is 0.604. The van der Waals surface area contributed by atoms with Gasteiger partial charge >= 0.3 is 6.18 Å². The molecule has 0 bridgehead atoms. The predicted octanol–water partition coefficient (Wildman–Crippen LogP) is 4.43. The maximum atomic E-state index is 13.1. The summed E-state index contributed by atoms with van der Waals surface area (Å²) in [6.07, 6.45) is -1.15. The number of hydrogen-bond acceptors (Lipinski definition) is 6. The number of likely N-dealkylation sites (N-methyl/N-ethyl adjacent to an activating group) is 1. The molecule has 0 radical (unpaired) electrons. The highest BCUT2D eigenvalue weighted by Gasteiger charge is 2.30. The van der Waals surface area contributed by atoms with Gasteiger partial charge in [-0.1, -0.05) is 12.1 Å². The lowest BCUT2D eigenvalue weighted by atomic mass is 10.0. The van der Waals surface area contributed by atoms with E-state index in [1.807, 2.05) is 28.6 Å². The van der Waals surface area contributed by atoms with Gasteiger partial charge in [0.15, 0.2) is 5.11 Å². The van der Waals surface area contributed by atoms with Crippen molar-refractivity contribution in [2.24, 2.45) is 0 Å². The molecule has 1 unspecified atom stereocenters. The van der Waals surface area contributed by atoms with Crippen molar-refractivity contribution < 1.29 is 17.4 Å². The number of nitrogens with zero attached hydrogens (tertiary/aromatic N) is 6. The van der Waals surface area contributed by atoms with Crippen LogP contribution >= 0.6 is 12.2 Å². The van der Waals surface area contributed by atoms with Crippen molar-refractivity contribution in [3.05, 3.63) is 66.6 Å². The van der Waals surface area contributed by atoms with E-state index in [9.17, 15) is 17.4 Å². The van der Waals surface area contributed by atoms with E-state index in [0.29, 0.717) is 42.5 Å². The molecule has 0 amide bonds. The number of nitrogens with one attached hydrogen (secondary N) is 2. The topological polar surface area (TPSA) is 83.6 Å². The molecule has 2 aliphatic rings. The molecule has 2 aliphatic heterocycles. The van der Waals surface area contributed by atoms with Crippen LogP contribution in [0.4, 0.5) is 24.7 Å². The molecular weight excluding hydrogens is 598 g/mol. The van der Waals surface area contributed by atoms with E-state index in [1.54, 1.807) is 6.20 Å². The molecule has 2 saturated heterocycles. The molecular formula is C29H31F3N8OS2. The van der Waals surface area contributed by atoms with Gasteiger partial charge in [-0.2, -0.15) is 13.2 Å². The van der Waals surface area contributed by atoms with Crippen molar-refractivity contribution in [1.82, 2.24) is 29.1 Å². The Kier molecular flexibility index (Phi) is 8.36. The number of benzene rings is 2. The number of H-pyrrole nitrogens is 1. The molecule has 226 valence electrons. The zero-order valence-electron chi connectivity index (χ0n) is 23.5.